The summed E-state index contributed by atoms with van der Waals surface area (Å²) in [6.07, 6.45) is 6.07. The summed E-state index contributed by atoms with van der Waals surface area (Å²) in [5.74, 6) is 0.957. The van der Waals surface area contributed by atoms with Crippen molar-refractivity contribution in [1.82, 2.24) is 9.80 Å². The normalized spacial score (nSPS) is 26.9. The minimum atomic E-state index is 0.141. The molecule has 1 aromatic rings. The maximum Gasteiger partial charge on any atom is 0.253 e. The number of nitrogens with one attached hydrogen (secondary N) is 1. The Morgan fingerprint density at radius 1 is 1.24 bits per heavy atom. The highest BCUT2D eigenvalue weighted by molar-refractivity contribution is 5.95. The third kappa shape index (κ3) is 3.47. The van der Waals surface area contributed by atoms with Crippen molar-refractivity contribution in [2.45, 2.75) is 57.2 Å². The van der Waals surface area contributed by atoms with Crippen LogP contribution < -0.4 is 10.1 Å². The van der Waals surface area contributed by atoms with E-state index in [-0.39, 0.29) is 5.91 Å². The van der Waals surface area contributed by atoms with Crippen LogP contribution in [0, 0.1) is 0 Å². The standard InChI is InChI=1S/C20H29N3O2/c1-14-11-16(13-23(14)17-6-7-17)21-18-12-15(5-8-19(18)25-2)20(24)22-9-3-4-10-22/h5,8,12,14,16-17,21H,3-4,6-7,9-11,13H2,1-2H3/t14-,16+/m0/s1. The molecule has 0 spiro atoms. The quantitative estimate of drug-likeness (QED) is 0.893. The van der Waals surface area contributed by atoms with Gasteiger partial charge in [-0.05, 0) is 57.2 Å². The number of carbonyl (C=O) groups excluding carboxylic acids is 1. The second-order valence-corrected chi connectivity index (χ2v) is 7.77. The van der Waals surface area contributed by atoms with Crippen LogP contribution in [-0.2, 0) is 0 Å². The molecule has 0 radical (unpaired) electrons. The Morgan fingerprint density at radius 2 is 2.00 bits per heavy atom. The first-order valence-electron chi connectivity index (χ1n) is 9.65. The summed E-state index contributed by atoms with van der Waals surface area (Å²) in [5, 5.41) is 3.65. The van der Waals surface area contributed by atoms with Crippen molar-refractivity contribution < 1.29 is 9.53 Å². The molecule has 5 heteroatoms. The van der Waals surface area contributed by atoms with Gasteiger partial charge in [0.15, 0.2) is 0 Å². The molecule has 2 aliphatic heterocycles. The van der Waals surface area contributed by atoms with Gasteiger partial charge in [-0.2, -0.15) is 0 Å². The van der Waals surface area contributed by atoms with Gasteiger partial charge in [0.2, 0.25) is 0 Å². The van der Waals surface area contributed by atoms with Gasteiger partial charge in [0.05, 0.1) is 12.8 Å². The number of hydrogen-bond acceptors (Lipinski definition) is 4. The fourth-order valence-corrected chi connectivity index (χ4v) is 4.35. The van der Waals surface area contributed by atoms with Crippen molar-refractivity contribution in [2.24, 2.45) is 0 Å². The SMILES string of the molecule is COc1ccc(C(=O)N2CCCC2)cc1N[C@@H]1C[C@H](C)N(C2CC2)C1. The fraction of sp³-hybridized carbons (Fsp3) is 0.650. The number of ether oxygens (including phenoxy) is 1. The lowest BCUT2D eigenvalue weighted by molar-refractivity contribution is 0.0793. The van der Waals surface area contributed by atoms with Crippen LogP contribution in [-0.4, -0.2) is 60.6 Å². The maximum absolute atomic E-state index is 12.7. The molecular formula is C20H29N3O2. The van der Waals surface area contributed by atoms with E-state index in [1.165, 1.54) is 12.8 Å². The zero-order valence-electron chi connectivity index (χ0n) is 15.3. The van der Waals surface area contributed by atoms with E-state index in [1.54, 1.807) is 7.11 Å². The molecule has 0 bridgehead atoms. The molecule has 136 valence electrons. The Labute approximate surface area is 150 Å². The second-order valence-electron chi connectivity index (χ2n) is 7.77. The van der Waals surface area contributed by atoms with Gasteiger partial charge in [-0.15, -0.1) is 0 Å². The number of benzene rings is 1. The lowest BCUT2D eigenvalue weighted by atomic mass is 10.1. The average molecular weight is 343 g/mol. The fourth-order valence-electron chi connectivity index (χ4n) is 4.35. The monoisotopic (exact) mass is 343 g/mol. The van der Waals surface area contributed by atoms with Gasteiger partial charge in [0.25, 0.3) is 5.91 Å². The number of likely N-dealkylation sites (tertiary alicyclic amines) is 2. The van der Waals surface area contributed by atoms with Crippen molar-refractivity contribution >= 4 is 11.6 Å². The van der Waals surface area contributed by atoms with Crippen molar-refractivity contribution in [3.8, 4) is 5.75 Å². The highest BCUT2D eigenvalue weighted by Gasteiger charge is 2.38. The highest BCUT2D eigenvalue weighted by atomic mass is 16.5. The van der Waals surface area contributed by atoms with Crippen LogP contribution in [0.3, 0.4) is 0 Å². The maximum atomic E-state index is 12.7. The molecule has 1 aliphatic carbocycles. The van der Waals surface area contributed by atoms with E-state index in [1.807, 2.05) is 23.1 Å². The summed E-state index contributed by atoms with van der Waals surface area (Å²) in [7, 11) is 1.69. The van der Waals surface area contributed by atoms with Gasteiger partial charge < -0.3 is 15.0 Å². The predicted molar refractivity (Wildman–Crippen MR) is 99.3 cm³/mol. The lowest BCUT2D eigenvalue weighted by Crippen LogP contribution is -2.31. The van der Waals surface area contributed by atoms with Crippen molar-refractivity contribution in [2.75, 3.05) is 32.1 Å². The van der Waals surface area contributed by atoms with Gasteiger partial charge in [0.1, 0.15) is 5.75 Å². The summed E-state index contributed by atoms with van der Waals surface area (Å²) in [5.41, 5.74) is 1.71. The Balaban J connectivity index is 1.49. The largest absolute Gasteiger partial charge is 0.495 e. The van der Waals surface area contributed by atoms with Gasteiger partial charge >= 0.3 is 0 Å². The van der Waals surface area contributed by atoms with Crippen LogP contribution in [0.5, 0.6) is 5.75 Å². The topological polar surface area (TPSA) is 44.8 Å². The number of carbonyl (C=O) groups is 1. The molecule has 1 aromatic carbocycles. The molecule has 3 fully saturated rings. The summed E-state index contributed by atoms with van der Waals surface area (Å²) in [6.45, 7) is 5.16. The molecule has 3 aliphatic rings. The van der Waals surface area contributed by atoms with E-state index in [4.69, 9.17) is 4.74 Å². The van der Waals surface area contributed by atoms with Crippen molar-refractivity contribution in [1.29, 1.82) is 0 Å². The molecule has 1 saturated carbocycles. The van der Waals surface area contributed by atoms with E-state index in [0.717, 1.165) is 61.9 Å². The van der Waals surface area contributed by atoms with Crippen LogP contribution in [0.25, 0.3) is 0 Å². The molecule has 25 heavy (non-hydrogen) atoms. The highest BCUT2D eigenvalue weighted by Crippen LogP contribution is 2.35. The molecule has 0 aromatic heterocycles. The molecule has 2 atom stereocenters. The van der Waals surface area contributed by atoms with Gasteiger partial charge in [-0.25, -0.2) is 0 Å². The van der Waals surface area contributed by atoms with Crippen molar-refractivity contribution in [3.63, 3.8) is 0 Å². The second kappa shape index (κ2) is 6.87. The zero-order chi connectivity index (χ0) is 17.4. The number of anilines is 1. The Kier molecular flexibility index (Phi) is 4.59. The summed E-state index contributed by atoms with van der Waals surface area (Å²) < 4.78 is 5.53. The predicted octanol–water partition coefficient (Wildman–Crippen LogP) is 2.97. The van der Waals surface area contributed by atoms with Crippen LogP contribution in [0.2, 0.25) is 0 Å². The molecule has 0 unspecified atom stereocenters. The third-order valence-corrected chi connectivity index (χ3v) is 5.84. The number of rotatable bonds is 5. The summed E-state index contributed by atoms with van der Waals surface area (Å²) in [4.78, 5) is 17.3. The lowest BCUT2D eigenvalue weighted by Gasteiger charge is -2.21. The molecule has 5 nitrogen and oxygen atoms in total. The van der Waals surface area contributed by atoms with E-state index in [9.17, 15) is 4.79 Å². The average Bonchev–Trinajstić information content (AvgIpc) is 3.17. The van der Waals surface area contributed by atoms with Crippen LogP contribution >= 0.6 is 0 Å². The van der Waals surface area contributed by atoms with Crippen molar-refractivity contribution in [3.05, 3.63) is 23.8 Å². The molecule has 1 N–H and O–H groups in total. The molecule has 1 amide bonds. The van der Waals surface area contributed by atoms with E-state index in [2.05, 4.69) is 17.1 Å². The van der Waals surface area contributed by atoms with E-state index >= 15 is 0 Å². The smallest absolute Gasteiger partial charge is 0.253 e. The molecular weight excluding hydrogens is 314 g/mol. The first-order valence-corrected chi connectivity index (χ1v) is 9.65. The number of nitrogens with zero attached hydrogens (tertiary/aromatic N) is 2. The Hall–Kier alpha value is -1.75. The van der Waals surface area contributed by atoms with Gasteiger partial charge in [-0.1, -0.05) is 0 Å². The molecule has 4 rings (SSSR count). The first kappa shape index (κ1) is 16.7. The number of hydrogen-bond donors (Lipinski definition) is 1. The first-order chi connectivity index (χ1) is 12.2. The van der Waals surface area contributed by atoms with Crippen LogP contribution in [0.15, 0.2) is 18.2 Å². The van der Waals surface area contributed by atoms with Crippen LogP contribution in [0.4, 0.5) is 5.69 Å². The zero-order valence-corrected chi connectivity index (χ0v) is 15.3. The van der Waals surface area contributed by atoms with Gasteiger partial charge in [-0.3, -0.25) is 9.69 Å². The minimum Gasteiger partial charge on any atom is -0.495 e. The Morgan fingerprint density at radius 3 is 2.68 bits per heavy atom. The number of amides is 1. The summed E-state index contributed by atoms with van der Waals surface area (Å²) in [6, 6.07) is 7.63. The van der Waals surface area contributed by atoms with E-state index in [0.29, 0.717) is 12.1 Å². The Bertz CT molecular complexity index is 638. The minimum absolute atomic E-state index is 0.141. The van der Waals surface area contributed by atoms with E-state index < -0.39 is 0 Å². The number of methoxy groups -OCH3 is 1. The molecule has 2 heterocycles. The third-order valence-electron chi connectivity index (χ3n) is 5.84. The summed E-state index contributed by atoms with van der Waals surface area (Å²) >= 11 is 0. The van der Waals surface area contributed by atoms with Crippen LogP contribution in [0.1, 0.15) is 49.4 Å². The van der Waals surface area contributed by atoms with Gasteiger partial charge in [0, 0.05) is 43.3 Å². The molecule has 2 saturated heterocycles.